The number of rotatable bonds is 8. The Labute approximate surface area is 98.3 Å². The molecule has 2 heteroatoms. The molecule has 1 N–H and O–H groups in total. The molecule has 2 nitrogen and oxygen atoms in total. The van der Waals surface area contributed by atoms with Gasteiger partial charge in [-0.2, -0.15) is 0 Å². The average molecular weight is 222 g/mol. The molecule has 0 spiro atoms. The zero-order chi connectivity index (χ0) is 11.6. The van der Waals surface area contributed by atoms with Gasteiger partial charge < -0.3 is 9.84 Å². The van der Waals surface area contributed by atoms with Gasteiger partial charge in [0.1, 0.15) is 0 Å². The molecule has 0 saturated carbocycles. The van der Waals surface area contributed by atoms with Gasteiger partial charge in [0.15, 0.2) is 0 Å². The van der Waals surface area contributed by atoms with Crippen molar-refractivity contribution in [3.05, 3.63) is 35.9 Å². The fourth-order valence-corrected chi connectivity index (χ4v) is 1.59. The Bertz CT molecular complexity index is 259. The molecule has 16 heavy (non-hydrogen) atoms. The molecule has 1 aromatic rings. The van der Waals surface area contributed by atoms with Gasteiger partial charge in [0.25, 0.3) is 0 Å². The summed E-state index contributed by atoms with van der Waals surface area (Å²) < 4.78 is 5.35. The van der Waals surface area contributed by atoms with Crippen LogP contribution in [0.5, 0.6) is 0 Å². The zero-order valence-electron chi connectivity index (χ0n) is 10.1. The van der Waals surface area contributed by atoms with E-state index in [1.165, 1.54) is 5.56 Å². The Morgan fingerprint density at radius 1 is 1.12 bits per heavy atom. The van der Waals surface area contributed by atoms with Gasteiger partial charge in [0, 0.05) is 13.2 Å². The highest BCUT2D eigenvalue weighted by atomic mass is 16.5. The molecule has 1 rings (SSSR count). The number of benzene rings is 1. The summed E-state index contributed by atoms with van der Waals surface area (Å²) in [6.45, 7) is 3.56. The van der Waals surface area contributed by atoms with E-state index < -0.39 is 0 Å². The molecule has 0 fully saturated rings. The number of hydrogen-bond acceptors (Lipinski definition) is 2. The van der Waals surface area contributed by atoms with Crippen molar-refractivity contribution < 1.29 is 9.84 Å². The lowest BCUT2D eigenvalue weighted by atomic mass is 10.1. The minimum Gasteiger partial charge on any atom is -0.393 e. The molecule has 0 saturated heterocycles. The van der Waals surface area contributed by atoms with E-state index in [9.17, 15) is 5.11 Å². The Hall–Kier alpha value is -0.860. The number of aliphatic hydroxyl groups is 1. The predicted molar refractivity (Wildman–Crippen MR) is 66.5 cm³/mol. The topological polar surface area (TPSA) is 29.5 Å². The van der Waals surface area contributed by atoms with E-state index in [4.69, 9.17) is 4.74 Å². The highest BCUT2D eigenvalue weighted by Gasteiger charge is 2.04. The van der Waals surface area contributed by atoms with Gasteiger partial charge in [-0.25, -0.2) is 0 Å². The van der Waals surface area contributed by atoms with E-state index in [1.807, 2.05) is 18.2 Å². The van der Waals surface area contributed by atoms with Crippen LogP contribution in [0.15, 0.2) is 30.3 Å². The molecular weight excluding hydrogens is 200 g/mol. The second-order valence-electron chi connectivity index (χ2n) is 4.08. The van der Waals surface area contributed by atoms with Crippen LogP contribution >= 0.6 is 0 Å². The molecule has 0 amide bonds. The van der Waals surface area contributed by atoms with Gasteiger partial charge in [0.2, 0.25) is 0 Å². The fourth-order valence-electron chi connectivity index (χ4n) is 1.59. The Morgan fingerprint density at radius 2 is 1.88 bits per heavy atom. The van der Waals surface area contributed by atoms with E-state index in [2.05, 4.69) is 19.1 Å². The molecule has 0 radical (unpaired) electrons. The van der Waals surface area contributed by atoms with E-state index in [1.54, 1.807) is 0 Å². The minimum absolute atomic E-state index is 0.239. The van der Waals surface area contributed by atoms with E-state index in [0.717, 1.165) is 32.3 Å². The van der Waals surface area contributed by atoms with Crippen LogP contribution in [0.1, 0.15) is 31.7 Å². The van der Waals surface area contributed by atoms with Gasteiger partial charge >= 0.3 is 0 Å². The van der Waals surface area contributed by atoms with Crippen molar-refractivity contribution in [2.45, 2.75) is 38.7 Å². The predicted octanol–water partition coefficient (Wildman–Crippen LogP) is 2.80. The van der Waals surface area contributed by atoms with E-state index in [0.29, 0.717) is 6.61 Å². The summed E-state index contributed by atoms with van der Waals surface area (Å²) in [5, 5.41) is 9.73. The van der Waals surface area contributed by atoms with Crippen molar-refractivity contribution in [3.8, 4) is 0 Å². The average Bonchev–Trinajstić information content (AvgIpc) is 2.33. The van der Waals surface area contributed by atoms with Crippen LogP contribution in [-0.4, -0.2) is 24.4 Å². The third-order valence-electron chi connectivity index (χ3n) is 2.55. The van der Waals surface area contributed by atoms with Crippen LogP contribution in [0.2, 0.25) is 0 Å². The van der Waals surface area contributed by atoms with Gasteiger partial charge in [0.05, 0.1) is 6.10 Å². The number of ether oxygens (including phenoxy) is 1. The van der Waals surface area contributed by atoms with Crippen molar-refractivity contribution >= 4 is 0 Å². The second-order valence-corrected chi connectivity index (χ2v) is 4.08. The van der Waals surface area contributed by atoms with Gasteiger partial charge in [-0.15, -0.1) is 0 Å². The maximum Gasteiger partial charge on any atom is 0.0565 e. The summed E-state index contributed by atoms with van der Waals surface area (Å²) in [7, 11) is 0. The number of hydrogen-bond donors (Lipinski definition) is 1. The van der Waals surface area contributed by atoms with E-state index >= 15 is 0 Å². The largest absolute Gasteiger partial charge is 0.393 e. The molecule has 1 aromatic carbocycles. The molecule has 1 unspecified atom stereocenters. The SMILES string of the molecule is CCCOCCC(O)CCc1ccccc1. The molecule has 0 aromatic heterocycles. The lowest BCUT2D eigenvalue weighted by Gasteiger charge is -2.10. The molecule has 0 bridgehead atoms. The lowest BCUT2D eigenvalue weighted by molar-refractivity contribution is 0.0786. The summed E-state index contributed by atoms with van der Waals surface area (Å²) in [5.74, 6) is 0. The van der Waals surface area contributed by atoms with Crippen molar-refractivity contribution in [2.75, 3.05) is 13.2 Å². The van der Waals surface area contributed by atoms with Crippen LogP contribution in [0.4, 0.5) is 0 Å². The molecule has 0 aliphatic heterocycles. The standard InChI is InChI=1S/C14H22O2/c1-2-11-16-12-10-14(15)9-8-13-6-4-3-5-7-13/h3-7,14-15H,2,8-12H2,1H3. The van der Waals surface area contributed by atoms with Crippen LogP contribution < -0.4 is 0 Å². The third kappa shape index (κ3) is 5.89. The number of aliphatic hydroxyl groups excluding tert-OH is 1. The highest BCUT2D eigenvalue weighted by molar-refractivity contribution is 5.14. The van der Waals surface area contributed by atoms with Crippen LogP contribution in [0, 0.1) is 0 Å². The first kappa shape index (κ1) is 13.2. The minimum atomic E-state index is -0.239. The molecule has 1 atom stereocenters. The summed E-state index contributed by atoms with van der Waals surface area (Å²) in [4.78, 5) is 0. The summed E-state index contributed by atoms with van der Waals surface area (Å²) in [5.41, 5.74) is 1.29. The Kier molecular flexibility index (Phi) is 6.86. The molecule has 0 aliphatic carbocycles. The summed E-state index contributed by atoms with van der Waals surface area (Å²) in [6, 6.07) is 10.3. The Morgan fingerprint density at radius 3 is 2.56 bits per heavy atom. The molecule has 90 valence electrons. The second kappa shape index (κ2) is 8.31. The molecular formula is C14H22O2. The fraction of sp³-hybridized carbons (Fsp3) is 0.571. The van der Waals surface area contributed by atoms with Crippen molar-refractivity contribution in [2.24, 2.45) is 0 Å². The highest BCUT2D eigenvalue weighted by Crippen LogP contribution is 2.07. The van der Waals surface area contributed by atoms with Crippen molar-refractivity contribution in [3.63, 3.8) is 0 Å². The smallest absolute Gasteiger partial charge is 0.0565 e. The summed E-state index contributed by atoms with van der Waals surface area (Å²) in [6.07, 6.45) is 3.31. The first-order valence-corrected chi connectivity index (χ1v) is 6.12. The van der Waals surface area contributed by atoms with E-state index in [-0.39, 0.29) is 6.10 Å². The van der Waals surface area contributed by atoms with Crippen LogP contribution in [-0.2, 0) is 11.2 Å². The normalized spacial score (nSPS) is 12.6. The molecule has 0 aliphatic rings. The van der Waals surface area contributed by atoms with Crippen molar-refractivity contribution in [1.82, 2.24) is 0 Å². The van der Waals surface area contributed by atoms with Gasteiger partial charge in [-0.3, -0.25) is 0 Å². The Balaban J connectivity index is 2.08. The zero-order valence-corrected chi connectivity index (χ0v) is 10.1. The van der Waals surface area contributed by atoms with Crippen molar-refractivity contribution in [1.29, 1.82) is 0 Å². The maximum absolute atomic E-state index is 9.73. The van der Waals surface area contributed by atoms with Crippen LogP contribution in [0.25, 0.3) is 0 Å². The number of aryl methyl sites for hydroxylation is 1. The summed E-state index contributed by atoms with van der Waals surface area (Å²) >= 11 is 0. The first-order valence-electron chi connectivity index (χ1n) is 6.12. The maximum atomic E-state index is 9.73. The van der Waals surface area contributed by atoms with Gasteiger partial charge in [-0.1, -0.05) is 37.3 Å². The van der Waals surface area contributed by atoms with Crippen LogP contribution in [0.3, 0.4) is 0 Å². The monoisotopic (exact) mass is 222 g/mol. The molecule has 0 heterocycles. The lowest BCUT2D eigenvalue weighted by Crippen LogP contribution is -2.11. The van der Waals surface area contributed by atoms with Gasteiger partial charge in [-0.05, 0) is 31.2 Å². The third-order valence-corrected chi connectivity index (χ3v) is 2.55. The first-order chi connectivity index (χ1) is 7.83. The quantitative estimate of drug-likeness (QED) is 0.685.